The van der Waals surface area contributed by atoms with E-state index in [0.717, 1.165) is 27.0 Å². The Labute approximate surface area is 127 Å². The van der Waals surface area contributed by atoms with Crippen molar-refractivity contribution in [2.24, 2.45) is 0 Å². The monoisotopic (exact) mass is 335 g/mol. The van der Waals surface area contributed by atoms with Crippen LogP contribution in [0.5, 0.6) is 5.75 Å². The summed E-state index contributed by atoms with van der Waals surface area (Å²) in [4.78, 5) is 0. The molecule has 3 nitrogen and oxygen atoms in total. The molecule has 0 aliphatic rings. The second-order valence-corrected chi connectivity index (χ2v) is 5.47. The highest BCUT2D eigenvalue weighted by molar-refractivity contribution is 9.10. The Balaban J connectivity index is 2.21. The maximum absolute atomic E-state index is 9.62. The first-order valence-electron chi connectivity index (χ1n) is 6.41. The summed E-state index contributed by atoms with van der Waals surface area (Å²) in [5, 5.41) is 12.9. The van der Waals surface area contributed by atoms with Crippen molar-refractivity contribution in [2.75, 3.05) is 19.0 Å². The maximum Gasteiger partial charge on any atom is 0.120 e. The Bertz CT molecular complexity index is 586. The Kier molecular flexibility index (Phi) is 5.04. The topological polar surface area (TPSA) is 41.5 Å². The molecule has 1 unspecified atom stereocenters. The summed E-state index contributed by atoms with van der Waals surface area (Å²) in [5.74, 6) is 0.790. The molecule has 2 aromatic carbocycles. The first-order chi connectivity index (χ1) is 9.63. The highest BCUT2D eigenvalue weighted by Crippen LogP contribution is 2.25. The van der Waals surface area contributed by atoms with Crippen LogP contribution in [0.4, 0.5) is 5.69 Å². The third-order valence-electron chi connectivity index (χ3n) is 3.18. The fourth-order valence-corrected chi connectivity index (χ4v) is 2.28. The average Bonchev–Trinajstić information content (AvgIpc) is 2.48. The number of halogens is 1. The minimum Gasteiger partial charge on any atom is -0.497 e. The van der Waals surface area contributed by atoms with E-state index in [2.05, 4.69) is 27.3 Å². The number of aliphatic hydroxyl groups is 1. The summed E-state index contributed by atoms with van der Waals surface area (Å²) >= 11 is 3.49. The smallest absolute Gasteiger partial charge is 0.120 e. The number of hydrogen-bond acceptors (Lipinski definition) is 3. The molecule has 0 aromatic heterocycles. The lowest BCUT2D eigenvalue weighted by Gasteiger charge is -2.19. The minimum absolute atomic E-state index is 0.0261. The molecule has 20 heavy (non-hydrogen) atoms. The number of rotatable bonds is 5. The van der Waals surface area contributed by atoms with Gasteiger partial charge in [0.15, 0.2) is 0 Å². The van der Waals surface area contributed by atoms with Crippen molar-refractivity contribution in [3.63, 3.8) is 0 Å². The summed E-state index contributed by atoms with van der Waals surface area (Å²) in [6, 6.07) is 13.6. The maximum atomic E-state index is 9.62. The molecule has 0 fully saturated rings. The fourth-order valence-electron chi connectivity index (χ4n) is 2.03. The Morgan fingerprint density at radius 3 is 2.70 bits per heavy atom. The van der Waals surface area contributed by atoms with Crippen LogP contribution < -0.4 is 10.1 Å². The van der Waals surface area contributed by atoms with E-state index in [0.29, 0.717) is 0 Å². The predicted octanol–water partition coefficient (Wildman–Crippen LogP) is 3.91. The average molecular weight is 336 g/mol. The lowest BCUT2D eigenvalue weighted by Crippen LogP contribution is -2.15. The quantitative estimate of drug-likeness (QED) is 0.870. The van der Waals surface area contributed by atoms with E-state index in [4.69, 9.17) is 4.74 Å². The number of methoxy groups -OCH3 is 1. The highest BCUT2D eigenvalue weighted by atomic mass is 79.9. The molecule has 0 amide bonds. The lowest BCUT2D eigenvalue weighted by molar-refractivity contribution is 0.276. The van der Waals surface area contributed by atoms with Gasteiger partial charge in [-0.05, 0) is 36.2 Å². The van der Waals surface area contributed by atoms with Crippen LogP contribution in [0.25, 0.3) is 0 Å². The number of ether oxygens (including phenoxy) is 1. The summed E-state index contributed by atoms with van der Waals surface area (Å²) < 4.78 is 6.27. The van der Waals surface area contributed by atoms with Gasteiger partial charge in [-0.2, -0.15) is 0 Å². The standard InChI is InChI=1S/C16H18BrNO2/c1-11-8-12(6-7-15(11)17)16(10-19)18-13-4-3-5-14(9-13)20-2/h3-9,16,18-19H,10H2,1-2H3. The highest BCUT2D eigenvalue weighted by Gasteiger charge is 2.11. The number of nitrogens with one attached hydrogen (secondary N) is 1. The molecule has 0 saturated heterocycles. The van der Waals surface area contributed by atoms with E-state index >= 15 is 0 Å². The second kappa shape index (κ2) is 6.77. The fraction of sp³-hybridized carbons (Fsp3) is 0.250. The van der Waals surface area contributed by atoms with E-state index in [-0.39, 0.29) is 12.6 Å². The molecule has 0 heterocycles. The molecule has 0 spiro atoms. The zero-order valence-electron chi connectivity index (χ0n) is 11.6. The Morgan fingerprint density at radius 1 is 1.25 bits per heavy atom. The molecular formula is C16H18BrNO2. The van der Waals surface area contributed by atoms with Crippen LogP contribution in [-0.2, 0) is 0 Å². The molecule has 0 radical (unpaired) electrons. The van der Waals surface area contributed by atoms with Crippen molar-refractivity contribution in [3.05, 3.63) is 58.1 Å². The molecule has 4 heteroatoms. The molecule has 106 valence electrons. The summed E-state index contributed by atoms with van der Waals surface area (Å²) in [5.41, 5.74) is 3.12. The van der Waals surface area contributed by atoms with Gasteiger partial charge in [0.1, 0.15) is 5.75 Å². The van der Waals surface area contributed by atoms with Crippen molar-refractivity contribution in [1.29, 1.82) is 0 Å². The molecule has 1 atom stereocenters. The molecule has 0 saturated carbocycles. The molecule has 2 rings (SSSR count). The number of hydrogen-bond donors (Lipinski definition) is 2. The van der Waals surface area contributed by atoms with Crippen LogP contribution in [0.15, 0.2) is 46.9 Å². The molecule has 2 N–H and O–H groups in total. The van der Waals surface area contributed by atoms with Gasteiger partial charge in [0.25, 0.3) is 0 Å². The van der Waals surface area contributed by atoms with Crippen LogP contribution in [0.1, 0.15) is 17.2 Å². The van der Waals surface area contributed by atoms with Crippen molar-refractivity contribution < 1.29 is 9.84 Å². The molecule has 0 aliphatic heterocycles. The van der Waals surface area contributed by atoms with Gasteiger partial charge in [0, 0.05) is 16.2 Å². The molecule has 0 bridgehead atoms. The third kappa shape index (κ3) is 3.52. The first-order valence-corrected chi connectivity index (χ1v) is 7.21. The van der Waals surface area contributed by atoms with E-state index in [1.165, 1.54) is 0 Å². The summed E-state index contributed by atoms with van der Waals surface area (Å²) in [6.45, 7) is 2.06. The van der Waals surface area contributed by atoms with Crippen LogP contribution in [0.2, 0.25) is 0 Å². The van der Waals surface area contributed by atoms with Crippen molar-refractivity contribution in [2.45, 2.75) is 13.0 Å². The third-order valence-corrected chi connectivity index (χ3v) is 4.07. The number of aliphatic hydroxyl groups excluding tert-OH is 1. The van der Waals surface area contributed by atoms with Crippen molar-refractivity contribution in [3.8, 4) is 5.75 Å². The number of anilines is 1. The first kappa shape index (κ1) is 14.9. The normalized spacial score (nSPS) is 12.0. The second-order valence-electron chi connectivity index (χ2n) is 4.62. The van der Waals surface area contributed by atoms with Crippen LogP contribution in [-0.4, -0.2) is 18.8 Å². The van der Waals surface area contributed by atoms with Crippen molar-refractivity contribution >= 4 is 21.6 Å². The van der Waals surface area contributed by atoms with Gasteiger partial charge in [-0.3, -0.25) is 0 Å². The van der Waals surface area contributed by atoms with E-state index in [1.807, 2.05) is 43.3 Å². The molecule has 2 aromatic rings. The SMILES string of the molecule is COc1cccc(NC(CO)c2ccc(Br)c(C)c2)c1. The summed E-state index contributed by atoms with van der Waals surface area (Å²) in [6.07, 6.45) is 0. The Morgan fingerprint density at radius 2 is 2.05 bits per heavy atom. The zero-order valence-corrected chi connectivity index (χ0v) is 13.1. The van der Waals surface area contributed by atoms with Crippen LogP contribution in [0.3, 0.4) is 0 Å². The number of benzene rings is 2. The van der Waals surface area contributed by atoms with Gasteiger partial charge in [0.2, 0.25) is 0 Å². The minimum atomic E-state index is -0.145. The lowest BCUT2D eigenvalue weighted by atomic mass is 10.0. The van der Waals surface area contributed by atoms with Gasteiger partial charge in [-0.25, -0.2) is 0 Å². The molecular weight excluding hydrogens is 318 g/mol. The van der Waals surface area contributed by atoms with E-state index in [9.17, 15) is 5.11 Å². The Hall–Kier alpha value is -1.52. The van der Waals surface area contributed by atoms with Crippen LogP contribution in [0, 0.1) is 6.92 Å². The predicted molar refractivity (Wildman–Crippen MR) is 85.3 cm³/mol. The van der Waals surface area contributed by atoms with Gasteiger partial charge in [0.05, 0.1) is 19.8 Å². The van der Waals surface area contributed by atoms with Crippen molar-refractivity contribution in [1.82, 2.24) is 0 Å². The summed E-state index contributed by atoms with van der Waals surface area (Å²) in [7, 11) is 1.64. The van der Waals surface area contributed by atoms with Gasteiger partial charge >= 0.3 is 0 Å². The van der Waals surface area contributed by atoms with Gasteiger partial charge in [-0.1, -0.05) is 34.1 Å². The van der Waals surface area contributed by atoms with E-state index < -0.39 is 0 Å². The zero-order chi connectivity index (χ0) is 14.5. The van der Waals surface area contributed by atoms with E-state index in [1.54, 1.807) is 7.11 Å². The molecule has 0 aliphatic carbocycles. The largest absolute Gasteiger partial charge is 0.497 e. The van der Waals surface area contributed by atoms with Crippen LogP contribution >= 0.6 is 15.9 Å². The van der Waals surface area contributed by atoms with Gasteiger partial charge in [-0.15, -0.1) is 0 Å². The van der Waals surface area contributed by atoms with Gasteiger partial charge < -0.3 is 15.2 Å². The number of aryl methyl sites for hydroxylation is 1.